The second-order valence-electron chi connectivity index (χ2n) is 9.18. The van der Waals surface area contributed by atoms with Crippen molar-refractivity contribution in [3.8, 4) is 23.7 Å². The van der Waals surface area contributed by atoms with Crippen LogP contribution in [0.3, 0.4) is 0 Å². The average molecular weight is 536 g/mol. The lowest BCUT2D eigenvalue weighted by molar-refractivity contribution is -0.134. The summed E-state index contributed by atoms with van der Waals surface area (Å²) < 4.78 is 49.1. The van der Waals surface area contributed by atoms with Gasteiger partial charge in [0.1, 0.15) is 17.2 Å². The van der Waals surface area contributed by atoms with Gasteiger partial charge >= 0.3 is 6.18 Å². The number of rotatable bonds is 9. The van der Waals surface area contributed by atoms with Gasteiger partial charge in [0.15, 0.2) is 5.82 Å². The fourth-order valence-corrected chi connectivity index (χ4v) is 5.65. The summed E-state index contributed by atoms with van der Waals surface area (Å²) in [5.41, 5.74) is 2.26. The lowest BCUT2D eigenvalue weighted by atomic mass is 9.95. The third-order valence-electron chi connectivity index (χ3n) is 6.47. The fourth-order valence-electron chi connectivity index (χ4n) is 4.51. The van der Waals surface area contributed by atoms with Gasteiger partial charge in [0.05, 0.1) is 25.0 Å². The fraction of sp³-hybridized carbons (Fsp3) is 0.357. The molecule has 10 heteroatoms. The van der Waals surface area contributed by atoms with Crippen molar-refractivity contribution in [2.45, 2.75) is 63.8 Å². The van der Waals surface area contributed by atoms with Crippen LogP contribution in [0.4, 0.5) is 13.2 Å². The Morgan fingerprint density at radius 3 is 2.66 bits per heavy atom. The summed E-state index contributed by atoms with van der Waals surface area (Å²) >= 11 is 0.831. The summed E-state index contributed by atoms with van der Waals surface area (Å²) in [4.78, 5) is -0.465. The molecule has 5 rings (SSSR count). The van der Waals surface area contributed by atoms with Crippen molar-refractivity contribution in [1.82, 2.24) is 20.2 Å². The van der Waals surface area contributed by atoms with Crippen LogP contribution in [0.1, 0.15) is 65.4 Å². The molecular weight excluding hydrogens is 511 g/mol. The molecule has 1 aliphatic rings. The van der Waals surface area contributed by atoms with E-state index in [1.54, 1.807) is 17.7 Å². The highest BCUT2D eigenvalue weighted by Crippen LogP contribution is 2.52. The van der Waals surface area contributed by atoms with Gasteiger partial charge in [-0.05, 0) is 82.5 Å². The Morgan fingerprint density at radius 1 is 1.18 bits per heavy atom. The molecule has 6 nitrogen and oxygen atoms in total. The van der Waals surface area contributed by atoms with Gasteiger partial charge in [-0.25, -0.2) is 4.68 Å². The van der Waals surface area contributed by atoms with E-state index in [2.05, 4.69) is 33.4 Å². The zero-order valence-corrected chi connectivity index (χ0v) is 21.4. The monoisotopic (exact) mass is 535 g/mol. The molecule has 1 aliphatic carbocycles. The van der Waals surface area contributed by atoms with Crippen molar-refractivity contribution >= 4 is 21.4 Å². The molecular formula is C28H24F3N5OS. The first-order valence-corrected chi connectivity index (χ1v) is 13.1. The number of fused-ring (bicyclic) bond motifs is 1. The van der Waals surface area contributed by atoms with Crippen LogP contribution in [0.5, 0.6) is 5.75 Å². The summed E-state index contributed by atoms with van der Waals surface area (Å²) in [6.07, 6.45) is -1.90. The van der Waals surface area contributed by atoms with Crippen molar-refractivity contribution in [1.29, 1.82) is 5.26 Å². The number of benzene rings is 2. The largest absolute Gasteiger partial charge is 0.489 e. The van der Waals surface area contributed by atoms with Crippen LogP contribution >= 0.6 is 11.3 Å². The van der Waals surface area contributed by atoms with Gasteiger partial charge in [-0.1, -0.05) is 24.1 Å². The molecule has 38 heavy (non-hydrogen) atoms. The van der Waals surface area contributed by atoms with E-state index < -0.39 is 11.1 Å². The van der Waals surface area contributed by atoms with Crippen LogP contribution in [0.25, 0.3) is 10.1 Å². The Morgan fingerprint density at radius 2 is 1.97 bits per heavy atom. The highest BCUT2D eigenvalue weighted by Gasteiger charge is 2.41. The maximum atomic E-state index is 13.6. The van der Waals surface area contributed by atoms with E-state index in [0.29, 0.717) is 46.6 Å². The van der Waals surface area contributed by atoms with Crippen LogP contribution < -0.4 is 4.74 Å². The molecule has 4 aromatic rings. The number of aryl methyl sites for hydroxylation is 1. The first kappa shape index (κ1) is 25.7. The Kier molecular flexibility index (Phi) is 7.35. The van der Waals surface area contributed by atoms with Crippen LogP contribution in [0.15, 0.2) is 42.5 Å². The topological polar surface area (TPSA) is 76.6 Å². The van der Waals surface area contributed by atoms with Crippen molar-refractivity contribution in [3.05, 3.63) is 69.9 Å². The number of tetrazole rings is 1. The highest BCUT2D eigenvalue weighted by molar-refractivity contribution is 7.19. The number of alkyl halides is 3. The van der Waals surface area contributed by atoms with E-state index in [1.807, 2.05) is 36.4 Å². The summed E-state index contributed by atoms with van der Waals surface area (Å²) in [7, 11) is 0. The molecule has 0 N–H and O–H groups in total. The van der Waals surface area contributed by atoms with Crippen molar-refractivity contribution in [2.24, 2.45) is 0 Å². The molecule has 1 saturated carbocycles. The van der Waals surface area contributed by atoms with Gasteiger partial charge in [0.25, 0.3) is 0 Å². The van der Waals surface area contributed by atoms with Crippen molar-refractivity contribution < 1.29 is 17.9 Å². The molecule has 2 aromatic heterocycles. The second-order valence-corrected chi connectivity index (χ2v) is 10.2. The third-order valence-corrected chi connectivity index (χ3v) is 7.70. The van der Waals surface area contributed by atoms with Gasteiger partial charge < -0.3 is 4.74 Å². The first-order valence-electron chi connectivity index (χ1n) is 12.3. The van der Waals surface area contributed by atoms with Gasteiger partial charge in [0, 0.05) is 11.1 Å². The zero-order valence-electron chi connectivity index (χ0n) is 20.6. The van der Waals surface area contributed by atoms with Gasteiger partial charge in [-0.15, -0.1) is 22.4 Å². The van der Waals surface area contributed by atoms with E-state index in [9.17, 15) is 13.2 Å². The lowest BCUT2D eigenvalue weighted by Crippen LogP contribution is -2.10. The predicted molar refractivity (Wildman–Crippen MR) is 138 cm³/mol. The number of thiophene rings is 1. The Balaban J connectivity index is 1.29. The van der Waals surface area contributed by atoms with E-state index in [0.717, 1.165) is 35.3 Å². The van der Waals surface area contributed by atoms with E-state index in [-0.39, 0.29) is 18.4 Å². The van der Waals surface area contributed by atoms with Crippen LogP contribution in [0.2, 0.25) is 0 Å². The molecule has 2 aromatic carbocycles. The smallest absolute Gasteiger partial charge is 0.425 e. The summed E-state index contributed by atoms with van der Waals surface area (Å²) in [5, 5.41) is 21.3. The Bertz CT molecular complexity index is 1540. The van der Waals surface area contributed by atoms with E-state index in [1.165, 1.54) is 0 Å². The quantitative estimate of drug-likeness (QED) is 0.225. The second kappa shape index (κ2) is 10.8. The van der Waals surface area contributed by atoms with Crippen LogP contribution in [-0.2, 0) is 25.7 Å². The normalized spacial score (nSPS) is 14.1. The average Bonchev–Trinajstić information content (AvgIpc) is 3.52. The first-order chi connectivity index (χ1) is 18.4. The Hall–Kier alpha value is -3.89. The standard InChI is InChI=1S/C28H24F3N5OS/c1-2-4-21(16-25-33-34-35-36(25)14-3-13-32)19-8-10-22(11-9-19)37-17-18-5-12-24-23(15-18)26(20-6-7-20)27(38-24)28(29,30)31/h5,8-12,15,20-21H,3,6-7,14,16-17H2,1H3/t21-/m0/s1. The van der Waals surface area contributed by atoms with E-state index >= 15 is 0 Å². The molecule has 0 spiro atoms. The predicted octanol–water partition coefficient (Wildman–Crippen LogP) is 6.63. The number of halogens is 3. The van der Waals surface area contributed by atoms with Gasteiger partial charge in [0.2, 0.25) is 0 Å². The SMILES string of the molecule is CC#C[C@@H](Cc1nnnn1CCC#N)c1ccc(OCc2ccc3sc(C(F)(F)F)c(C4CC4)c3c2)cc1. The lowest BCUT2D eigenvalue weighted by Gasteiger charge is -2.13. The zero-order chi connectivity index (χ0) is 26.7. The maximum Gasteiger partial charge on any atom is 0.425 e. The number of nitrogens with zero attached hydrogens (tertiary/aromatic N) is 5. The maximum absolute atomic E-state index is 13.6. The molecule has 2 heterocycles. The minimum absolute atomic E-state index is 0.000725. The molecule has 0 saturated heterocycles. The number of hydrogen-bond acceptors (Lipinski definition) is 6. The van der Waals surface area contributed by atoms with Gasteiger partial charge in [-0.2, -0.15) is 18.4 Å². The molecule has 0 amide bonds. The third kappa shape index (κ3) is 5.66. The van der Waals surface area contributed by atoms with E-state index in [4.69, 9.17) is 10.00 Å². The molecule has 1 fully saturated rings. The van der Waals surface area contributed by atoms with Crippen LogP contribution in [0, 0.1) is 23.2 Å². The number of hydrogen-bond donors (Lipinski definition) is 0. The molecule has 0 bridgehead atoms. The molecule has 0 unspecified atom stereocenters. The molecule has 0 radical (unpaired) electrons. The molecule has 0 aliphatic heterocycles. The highest BCUT2D eigenvalue weighted by atomic mass is 32.1. The number of nitriles is 1. The van der Waals surface area contributed by atoms with Crippen molar-refractivity contribution in [3.63, 3.8) is 0 Å². The minimum Gasteiger partial charge on any atom is -0.489 e. The van der Waals surface area contributed by atoms with Gasteiger partial charge in [-0.3, -0.25) is 0 Å². The minimum atomic E-state index is -4.33. The summed E-state index contributed by atoms with van der Waals surface area (Å²) in [6.45, 7) is 2.46. The number of ether oxygens (including phenoxy) is 1. The van der Waals surface area contributed by atoms with Crippen LogP contribution in [-0.4, -0.2) is 20.2 Å². The van der Waals surface area contributed by atoms with Crippen molar-refractivity contribution in [2.75, 3.05) is 0 Å². The molecule has 194 valence electrons. The summed E-state index contributed by atoms with van der Waals surface area (Å²) in [5.74, 6) is 7.35. The molecule has 1 atom stereocenters. The number of aromatic nitrogens is 4. The summed E-state index contributed by atoms with van der Waals surface area (Å²) in [6, 6.07) is 15.1. The Labute approximate surface area is 222 Å².